The van der Waals surface area contributed by atoms with E-state index in [9.17, 15) is 0 Å². The van der Waals surface area contributed by atoms with Crippen molar-refractivity contribution < 1.29 is 0 Å². The lowest BCUT2D eigenvalue weighted by Gasteiger charge is -2.21. The number of anilines is 1. The van der Waals surface area contributed by atoms with Crippen LogP contribution in [0, 0.1) is 6.92 Å². The third kappa shape index (κ3) is 2.61. The Bertz CT molecular complexity index is 748. The number of aryl methyl sites for hydroxylation is 1. The van der Waals surface area contributed by atoms with E-state index in [4.69, 9.17) is 9.97 Å². The largest absolute Gasteiger partial charge is 0.357 e. The first-order valence-corrected chi connectivity index (χ1v) is 7.98. The molecule has 0 aliphatic carbocycles. The molecule has 0 atom stereocenters. The number of thiophene rings is 1. The molecule has 0 amide bonds. The van der Waals surface area contributed by atoms with Gasteiger partial charge in [-0.2, -0.15) is 0 Å². The molecule has 5 heteroatoms. The molecule has 4 nitrogen and oxygen atoms in total. The first kappa shape index (κ1) is 13.9. The predicted octanol–water partition coefficient (Wildman–Crippen LogP) is 3.91. The SMILES string of the molecule is CCN(CC)c1nc(-c2cccnc2)nc2sc(C)cc12. The number of hydrogen-bond donors (Lipinski definition) is 0. The van der Waals surface area contributed by atoms with E-state index < -0.39 is 0 Å². The van der Waals surface area contributed by atoms with Crippen molar-refractivity contribution in [3.05, 3.63) is 35.5 Å². The minimum absolute atomic E-state index is 0.749. The summed E-state index contributed by atoms with van der Waals surface area (Å²) in [5.41, 5.74) is 0.957. The molecule has 0 saturated heterocycles. The second kappa shape index (κ2) is 5.77. The Kier molecular flexibility index (Phi) is 3.84. The van der Waals surface area contributed by atoms with Crippen molar-refractivity contribution >= 4 is 27.4 Å². The van der Waals surface area contributed by atoms with Crippen molar-refractivity contribution in [2.75, 3.05) is 18.0 Å². The Morgan fingerprint density at radius 2 is 2.00 bits per heavy atom. The molecule has 0 bridgehead atoms. The fraction of sp³-hybridized carbons (Fsp3) is 0.312. The van der Waals surface area contributed by atoms with Crippen molar-refractivity contribution in [3.63, 3.8) is 0 Å². The average Bonchev–Trinajstić information content (AvgIpc) is 2.89. The number of nitrogens with zero attached hydrogens (tertiary/aromatic N) is 4. The molecule has 0 radical (unpaired) electrons. The van der Waals surface area contributed by atoms with Crippen LogP contribution >= 0.6 is 11.3 Å². The summed E-state index contributed by atoms with van der Waals surface area (Å²) < 4.78 is 0. The molecule has 108 valence electrons. The minimum Gasteiger partial charge on any atom is -0.357 e. The second-order valence-corrected chi connectivity index (χ2v) is 6.10. The molecule has 0 saturated carbocycles. The van der Waals surface area contributed by atoms with Crippen molar-refractivity contribution in [2.24, 2.45) is 0 Å². The molecule has 3 rings (SSSR count). The highest BCUT2D eigenvalue weighted by Gasteiger charge is 2.15. The zero-order chi connectivity index (χ0) is 14.8. The number of aromatic nitrogens is 3. The smallest absolute Gasteiger partial charge is 0.164 e. The molecule has 0 aromatic carbocycles. The van der Waals surface area contributed by atoms with Crippen LogP contribution in [0.4, 0.5) is 5.82 Å². The fourth-order valence-electron chi connectivity index (χ4n) is 2.42. The van der Waals surface area contributed by atoms with Crippen molar-refractivity contribution in [3.8, 4) is 11.4 Å². The Labute approximate surface area is 128 Å². The summed E-state index contributed by atoms with van der Waals surface area (Å²) in [6.45, 7) is 8.29. The summed E-state index contributed by atoms with van der Waals surface area (Å²) in [5.74, 6) is 1.77. The van der Waals surface area contributed by atoms with Gasteiger partial charge in [0.05, 0.1) is 5.39 Å². The minimum atomic E-state index is 0.749. The van der Waals surface area contributed by atoms with Crippen LogP contribution in [0.1, 0.15) is 18.7 Å². The highest BCUT2D eigenvalue weighted by molar-refractivity contribution is 7.18. The van der Waals surface area contributed by atoms with Gasteiger partial charge in [0.1, 0.15) is 10.6 Å². The number of rotatable bonds is 4. The lowest BCUT2D eigenvalue weighted by Crippen LogP contribution is -2.23. The van der Waals surface area contributed by atoms with Gasteiger partial charge < -0.3 is 4.90 Å². The van der Waals surface area contributed by atoms with Crippen molar-refractivity contribution in [2.45, 2.75) is 20.8 Å². The van der Waals surface area contributed by atoms with Crippen molar-refractivity contribution in [1.82, 2.24) is 15.0 Å². The van der Waals surface area contributed by atoms with E-state index in [0.717, 1.165) is 40.5 Å². The van der Waals surface area contributed by atoms with Crippen LogP contribution in [0.15, 0.2) is 30.6 Å². The summed E-state index contributed by atoms with van der Waals surface area (Å²) in [6.07, 6.45) is 3.58. The first-order chi connectivity index (χ1) is 10.2. The maximum Gasteiger partial charge on any atom is 0.164 e. The monoisotopic (exact) mass is 298 g/mol. The van der Waals surface area contributed by atoms with Gasteiger partial charge in [0.15, 0.2) is 5.82 Å². The van der Waals surface area contributed by atoms with Crippen LogP contribution in [-0.2, 0) is 0 Å². The molecule has 0 spiro atoms. The highest BCUT2D eigenvalue weighted by Crippen LogP contribution is 2.32. The Morgan fingerprint density at radius 3 is 2.67 bits per heavy atom. The van der Waals surface area contributed by atoms with E-state index in [2.05, 4.69) is 36.7 Å². The predicted molar refractivity (Wildman–Crippen MR) is 88.9 cm³/mol. The van der Waals surface area contributed by atoms with E-state index in [1.807, 2.05) is 18.3 Å². The van der Waals surface area contributed by atoms with Gasteiger partial charge in [0.2, 0.25) is 0 Å². The molecule has 3 aromatic rings. The lowest BCUT2D eigenvalue weighted by atomic mass is 10.2. The van der Waals surface area contributed by atoms with Gasteiger partial charge in [-0.15, -0.1) is 11.3 Å². The van der Waals surface area contributed by atoms with Gasteiger partial charge in [-0.3, -0.25) is 4.98 Å². The van der Waals surface area contributed by atoms with Crippen LogP contribution in [0.5, 0.6) is 0 Å². The summed E-state index contributed by atoms with van der Waals surface area (Å²) in [5, 5.41) is 1.15. The Morgan fingerprint density at radius 1 is 1.19 bits per heavy atom. The zero-order valence-electron chi connectivity index (χ0n) is 12.5. The maximum atomic E-state index is 4.81. The molecule has 0 N–H and O–H groups in total. The molecule has 0 aliphatic rings. The van der Waals surface area contributed by atoms with Gasteiger partial charge in [-0.05, 0) is 39.0 Å². The van der Waals surface area contributed by atoms with E-state index >= 15 is 0 Å². The fourth-order valence-corrected chi connectivity index (χ4v) is 3.29. The Hall–Kier alpha value is -2.01. The van der Waals surface area contributed by atoms with Crippen LogP contribution < -0.4 is 4.90 Å². The van der Waals surface area contributed by atoms with Crippen molar-refractivity contribution in [1.29, 1.82) is 0 Å². The second-order valence-electron chi connectivity index (χ2n) is 4.86. The van der Waals surface area contributed by atoms with Gasteiger partial charge in [0.25, 0.3) is 0 Å². The summed E-state index contributed by atoms with van der Waals surface area (Å²) in [6, 6.07) is 6.10. The highest BCUT2D eigenvalue weighted by atomic mass is 32.1. The zero-order valence-corrected chi connectivity index (χ0v) is 13.3. The van der Waals surface area contributed by atoms with Crippen LogP contribution in [0.2, 0.25) is 0 Å². The summed E-state index contributed by atoms with van der Waals surface area (Å²) in [4.78, 5) is 18.3. The average molecular weight is 298 g/mol. The molecule has 21 heavy (non-hydrogen) atoms. The Balaban J connectivity index is 2.24. The third-order valence-electron chi connectivity index (χ3n) is 3.48. The molecular weight excluding hydrogens is 280 g/mol. The topological polar surface area (TPSA) is 41.9 Å². The normalized spacial score (nSPS) is 11.0. The number of hydrogen-bond acceptors (Lipinski definition) is 5. The molecule has 0 unspecified atom stereocenters. The molecule has 3 heterocycles. The lowest BCUT2D eigenvalue weighted by molar-refractivity contribution is 0.850. The van der Waals surface area contributed by atoms with Gasteiger partial charge in [0, 0.05) is 35.9 Å². The van der Waals surface area contributed by atoms with E-state index in [0.29, 0.717) is 0 Å². The molecule has 0 aliphatic heterocycles. The summed E-state index contributed by atoms with van der Waals surface area (Å²) in [7, 11) is 0. The van der Waals surface area contributed by atoms with Crippen LogP contribution in [-0.4, -0.2) is 28.0 Å². The number of pyridine rings is 1. The number of fused-ring (bicyclic) bond motifs is 1. The molecular formula is C16H18N4S. The van der Waals surface area contributed by atoms with Gasteiger partial charge >= 0.3 is 0 Å². The van der Waals surface area contributed by atoms with Crippen LogP contribution in [0.25, 0.3) is 21.6 Å². The van der Waals surface area contributed by atoms with Gasteiger partial charge in [-0.1, -0.05) is 0 Å². The van der Waals surface area contributed by atoms with E-state index in [1.54, 1.807) is 17.5 Å². The van der Waals surface area contributed by atoms with Gasteiger partial charge in [-0.25, -0.2) is 9.97 Å². The third-order valence-corrected chi connectivity index (χ3v) is 4.42. The van der Waals surface area contributed by atoms with Crippen LogP contribution in [0.3, 0.4) is 0 Å². The maximum absolute atomic E-state index is 4.81. The summed E-state index contributed by atoms with van der Waals surface area (Å²) >= 11 is 1.72. The standard InChI is InChI=1S/C16H18N4S/c1-4-20(5-2)15-13-9-11(3)21-16(13)19-14(18-15)12-7-6-8-17-10-12/h6-10H,4-5H2,1-3H3. The molecule has 0 fully saturated rings. The van der Waals surface area contributed by atoms with E-state index in [1.165, 1.54) is 4.88 Å². The quantitative estimate of drug-likeness (QED) is 0.732. The first-order valence-electron chi connectivity index (χ1n) is 7.16. The van der Waals surface area contributed by atoms with E-state index in [-0.39, 0.29) is 0 Å². The molecule has 3 aromatic heterocycles.